The van der Waals surface area contributed by atoms with Gasteiger partial charge in [0.15, 0.2) is 5.96 Å². The number of rotatable bonds is 9. The highest BCUT2D eigenvalue weighted by molar-refractivity contribution is 7.59. The van der Waals surface area contributed by atoms with E-state index in [4.69, 9.17) is 23.1 Å². The first-order valence-corrected chi connectivity index (χ1v) is 9.99. The van der Waals surface area contributed by atoms with Crippen LogP contribution in [0.25, 0.3) is 0 Å². The number of aliphatic carboxylic acids is 1. The van der Waals surface area contributed by atoms with Gasteiger partial charge in [0.1, 0.15) is 6.04 Å². The lowest BCUT2D eigenvalue weighted by Gasteiger charge is -2.17. The average Bonchev–Trinajstić information content (AvgIpc) is 2.74. The zero-order chi connectivity index (χ0) is 24.5. The number of hydrogen-bond acceptors (Lipinski definition) is 5. The lowest BCUT2D eigenvalue weighted by atomic mass is 10.1. The minimum absolute atomic E-state index is 0. The molecule has 13 heteroatoms. The van der Waals surface area contributed by atoms with E-state index in [1.165, 1.54) is 18.2 Å². The van der Waals surface area contributed by atoms with E-state index in [-0.39, 0.29) is 35.6 Å². The van der Waals surface area contributed by atoms with Crippen molar-refractivity contribution in [1.29, 1.82) is 0 Å². The van der Waals surface area contributed by atoms with Crippen molar-refractivity contribution in [3.8, 4) is 0 Å². The number of hydrogen-bond donors (Lipinski definition) is 6. The van der Waals surface area contributed by atoms with Crippen LogP contribution < -0.4 is 27.4 Å². The van der Waals surface area contributed by atoms with Crippen molar-refractivity contribution in [3.63, 3.8) is 0 Å². The molecule has 0 unspecified atom stereocenters. The Bertz CT molecular complexity index is 1090. The summed E-state index contributed by atoms with van der Waals surface area (Å²) in [5, 5.41) is 16.6. The number of benzene rings is 2. The molecule has 0 spiro atoms. The molecule has 0 aliphatic carbocycles. The Kier molecular flexibility index (Phi) is 10.9. The predicted octanol–water partition coefficient (Wildman–Crippen LogP) is 0.395. The van der Waals surface area contributed by atoms with Gasteiger partial charge in [-0.15, -0.1) is 0 Å². The maximum atomic E-state index is 12.5. The molecule has 0 aliphatic rings. The van der Waals surface area contributed by atoms with Crippen molar-refractivity contribution in [3.05, 3.63) is 64.2 Å². The third-order valence-electron chi connectivity index (χ3n) is 4.33. The molecule has 0 bridgehead atoms. The maximum absolute atomic E-state index is 12.5. The van der Waals surface area contributed by atoms with Crippen LogP contribution in [0.2, 0.25) is 5.02 Å². The van der Waals surface area contributed by atoms with Gasteiger partial charge >= 0.3 is 5.97 Å². The van der Waals surface area contributed by atoms with Gasteiger partial charge in [-0.25, -0.2) is 9.79 Å². The second kappa shape index (κ2) is 13.1. The zero-order valence-electron chi connectivity index (χ0n) is 18.1. The molecule has 1 atom stereocenters. The van der Waals surface area contributed by atoms with Crippen LogP contribution in [-0.4, -0.2) is 53.9 Å². The van der Waals surface area contributed by atoms with Crippen LogP contribution in [0.5, 0.6) is 0 Å². The van der Waals surface area contributed by atoms with Gasteiger partial charge in [-0.05, 0) is 36.8 Å². The van der Waals surface area contributed by atoms with Crippen LogP contribution in [0, 0.1) is 6.92 Å². The number of nitrogens with zero attached hydrogens (tertiary/aromatic N) is 1. The highest BCUT2D eigenvalue weighted by Crippen LogP contribution is 2.19. The molecule has 8 N–H and O–H groups in total. The maximum Gasteiger partial charge on any atom is 0.328 e. The van der Waals surface area contributed by atoms with Crippen LogP contribution in [-0.2, 0) is 9.59 Å². The number of halogens is 1. The van der Waals surface area contributed by atoms with E-state index in [9.17, 15) is 24.3 Å². The van der Waals surface area contributed by atoms with Gasteiger partial charge in [0.2, 0.25) is 5.91 Å². The molecule has 0 heterocycles. The molecule has 0 radical (unpaired) electrons. The summed E-state index contributed by atoms with van der Waals surface area (Å²) in [6.07, 6.45) is 0. The first-order valence-electron chi connectivity index (χ1n) is 9.62. The van der Waals surface area contributed by atoms with Crippen LogP contribution in [0.15, 0.2) is 47.5 Å². The normalized spacial score (nSPS) is 10.8. The van der Waals surface area contributed by atoms with Crippen molar-refractivity contribution < 1.29 is 24.3 Å². The van der Waals surface area contributed by atoms with Crippen molar-refractivity contribution >= 4 is 60.4 Å². The van der Waals surface area contributed by atoms with Gasteiger partial charge in [0.05, 0.1) is 22.8 Å². The SMILES string of the molecule is Cc1cccc(Cl)c1C(=O)N[C@@H](CNC(=O)CNC(=O)c1cccc(N=C(N)N)c1)C(=O)O.S. The lowest BCUT2D eigenvalue weighted by Crippen LogP contribution is -2.50. The van der Waals surface area contributed by atoms with Crippen LogP contribution >= 0.6 is 25.1 Å². The van der Waals surface area contributed by atoms with Crippen LogP contribution in [0.1, 0.15) is 26.3 Å². The molecule has 2 rings (SSSR count). The Morgan fingerprint density at radius 3 is 2.35 bits per heavy atom. The monoisotopic (exact) mass is 508 g/mol. The first-order chi connectivity index (χ1) is 15.6. The topological polar surface area (TPSA) is 189 Å². The summed E-state index contributed by atoms with van der Waals surface area (Å²) < 4.78 is 0. The summed E-state index contributed by atoms with van der Waals surface area (Å²) in [5.74, 6) is -3.42. The third-order valence-corrected chi connectivity index (χ3v) is 4.65. The van der Waals surface area contributed by atoms with Gasteiger partial charge in [0.25, 0.3) is 11.8 Å². The van der Waals surface area contributed by atoms with Crippen molar-refractivity contribution in [2.75, 3.05) is 13.1 Å². The predicted molar refractivity (Wildman–Crippen MR) is 133 cm³/mol. The van der Waals surface area contributed by atoms with E-state index in [0.717, 1.165) is 0 Å². The molecule has 2 aromatic rings. The van der Waals surface area contributed by atoms with E-state index in [0.29, 0.717) is 11.3 Å². The molecule has 0 fully saturated rings. The molecule has 11 nitrogen and oxygen atoms in total. The Balaban J connectivity index is 0.00000578. The average molecular weight is 509 g/mol. The van der Waals surface area contributed by atoms with Crippen LogP contribution in [0.3, 0.4) is 0 Å². The quantitative estimate of drug-likeness (QED) is 0.208. The molecule has 2 aromatic carbocycles. The Morgan fingerprint density at radius 2 is 1.74 bits per heavy atom. The van der Waals surface area contributed by atoms with Gasteiger partial charge in [-0.1, -0.05) is 29.8 Å². The summed E-state index contributed by atoms with van der Waals surface area (Å²) in [6, 6.07) is 9.51. The fourth-order valence-electron chi connectivity index (χ4n) is 2.76. The van der Waals surface area contributed by atoms with Gasteiger partial charge in [0, 0.05) is 12.1 Å². The molecule has 182 valence electrons. The summed E-state index contributed by atoms with van der Waals surface area (Å²) >= 11 is 6.03. The molecule has 34 heavy (non-hydrogen) atoms. The molecule has 0 saturated carbocycles. The zero-order valence-corrected chi connectivity index (χ0v) is 19.8. The van der Waals surface area contributed by atoms with E-state index in [2.05, 4.69) is 20.9 Å². The summed E-state index contributed by atoms with van der Waals surface area (Å²) in [5.41, 5.74) is 11.9. The molecular formula is C21H25ClN6O5S. The summed E-state index contributed by atoms with van der Waals surface area (Å²) in [6.45, 7) is 0.836. The number of nitrogens with one attached hydrogen (secondary N) is 3. The number of carbonyl (C=O) groups is 4. The van der Waals surface area contributed by atoms with Crippen molar-refractivity contribution in [1.82, 2.24) is 16.0 Å². The highest BCUT2D eigenvalue weighted by atomic mass is 35.5. The first kappa shape index (κ1) is 28.3. The fraction of sp³-hybridized carbons (Fsp3) is 0.190. The van der Waals surface area contributed by atoms with E-state index >= 15 is 0 Å². The largest absolute Gasteiger partial charge is 0.480 e. The number of aliphatic imine (C=N–C) groups is 1. The molecule has 0 aromatic heterocycles. The lowest BCUT2D eigenvalue weighted by molar-refractivity contribution is -0.139. The Hall–Kier alpha value is -3.77. The van der Waals surface area contributed by atoms with Crippen LogP contribution in [0.4, 0.5) is 5.69 Å². The minimum Gasteiger partial charge on any atom is -0.480 e. The van der Waals surface area contributed by atoms with E-state index in [1.54, 1.807) is 31.2 Å². The minimum atomic E-state index is -1.41. The molecular weight excluding hydrogens is 484 g/mol. The Morgan fingerprint density at radius 1 is 1.06 bits per heavy atom. The highest BCUT2D eigenvalue weighted by Gasteiger charge is 2.23. The third kappa shape index (κ3) is 8.30. The molecule has 0 aliphatic heterocycles. The number of guanidine groups is 1. The number of carbonyl (C=O) groups excluding carboxylic acids is 3. The van der Waals surface area contributed by atoms with Crippen molar-refractivity contribution in [2.24, 2.45) is 16.5 Å². The number of amides is 3. The van der Waals surface area contributed by atoms with Gasteiger partial charge < -0.3 is 32.5 Å². The van der Waals surface area contributed by atoms with E-state index < -0.39 is 42.8 Å². The number of nitrogens with two attached hydrogens (primary N) is 2. The second-order valence-electron chi connectivity index (χ2n) is 6.87. The Labute approximate surface area is 207 Å². The smallest absolute Gasteiger partial charge is 0.328 e. The summed E-state index contributed by atoms with van der Waals surface area (Å²) in [7, 11) is 0. The van der Waals surface area contributed by atoms with Gasteiger partial charge in [-0.3, -0.25) is 14.4 Å². The van der Waals surface area contributed by atoms with E-state index in [1.807, 2.05) is 0 Å². The van der Waals surface area contributed by atoms with Gasteiger partial charge in [-0.2, -0.15) is 13.5 Å². The number of aryl methyl sites for hydroxylation is 1. The number of carboxylic acid groups (broad SMARTS) is 1. The standard InChI is InChI=1S/C21H23ClN6O5.H2S/c1-11-4-2-7-14(22)17(11)19(31)28-15(20(32)33)9-25-16(29)10-26-18(30)12-5-3-6-13(8-12)27-21(23)24;/h2-8,15H,9-10H2,1H3,(H,25,29)(H,26,30)(H,28,31)(H,32,33)(H4,23,24,27);1H2/t15-;/m0./s1. The van der Waals surface area contributed by atoms with Crippen molar-refractivity contribution in [2.45, 2.75) is 13.0 Å². The second-order valence-corrected chi connectivity index (χ2v) is 7.28. The summed E-state index contributed by atoms with van der Waals surface area (Å²) in [4.78, 5) is 52.1. The fourth-order valence-corrected chi connectivity index (χ4v) is 3.06. The molecule has 0 saturated heterocycles. The number of carboxylic acids is 1. The molecule has 3 amide bonds.